The molecule has 0 radical (unpaired) electrons. The van der Waals surface area contributed by atoms with Crippen molar-refractivity contribution in [3.05, 3.63) is 53.8 Å². The first-order valence-electron chi connectivity index (χ1n) is 5.50. The molecule has 102 valence electrons. The molecule has 0 amide bonds. The molecule has 2 rings (SSSR count). The van der Waals surface area contributed by atoms with E-state index in [4.69, 9.17) is 11.0 Å². The number of nitrogens with two attached hydrogens (primary N) is 1. The molecular weight excluding hydrogens is 281 g/mol. The number of hydrogen-bond acceptors (Lipinski definition) is 4. The van der Waals surface area contributed by atoms with Crippen LogP contribution in [0.3, 0.4) is 0 Å². The number of rotatable bonds is 3. The third-order valence-corrected chi connectivity index (χ3v) is 3.82. The minimum absolute atomic E-state index is 0.0184. The lowest BCUT2D eigenvalue weighted by Gasteiger charge is -2.09. The third-order valence-electron chi connectivity index (χ3n) is 2.45. The van der Waals surface area contributed by atoms with E-state index in [9.17, 15) is 12.8 Å². The van der Waals surface area contributed by atoms with Gasteiger partial charge in [-0.15, -0.1) is 0 Å². The molecular formula is C13H10FN3O2S. The first-order chi connectivity index (χ1) is 9.40. The standard InChI is InChI=1S/C13H10FN3O2S/c14-10-5-11(16)7-12(6-10)17-20(18,19)13-3-1-2-9(4-13)8-15/h1-7,17H,16H2. The number of anilines is 2. The van der Waals surface area contributed by atoms with Crippen LogP contribution in [0.5, 0.6) is 0 Å². The van der Waals surface area contributed by atoms with Gasteiger partial charge in [-0.1, -0.05) is 6.07 Å². The molecule has 0 unspecified atom stereocenters. The van der Waals surface area contributed by atoms with E-state index in [-0.39, 0.29) is 21.8 Å². The molecule has 5 nitrogen and oxygen atoms in total. The Morgan fingerprint density at radius 3 is 2.60 bits per heavy atom. The lowest BCUT2D eigenvalue weighted by Crippen LogP contribution is -2.13. The Balaban J connectivity index is 2.38. The number of nitrogens with one attached hydrogen (secondary N) is 1. The van der Waals surface area contributed by atoms with Gasteiger partial charge in [0.2, 0.25) is 0 Å². The van der Waals surface area contributed by atoms with Crippen LogP contribution in [0.4, 0.5) is 15.8 Å². The van der Waals surface area contributed by atoms with Crippen LogP contribution in [0.1, 0.15) is 5.56 Å². The summed E-state index contributed by atoms with van der Waals surface area (Å²) in [6.45, 7) is 0. The highest BCUT2D eigenvalue weighted by Gasteiger charge is 2.15. The van der Waals surface area contributed by atoms with Gasteiger partial charge in [-0.05, 0) is 36.4 Å². The number of nitrogen functional groups attached to an aromatic ring is 1. The van der Waals surface area contributed by atoms with Crippen molar-refractivity contribution in [3.63, 3.8) is 0 Å². The highest BCUT2D eigenvalue weighted by molar-refractivity contribution is 7.92. The van der Waals surface area contributed by atoms with Gasteiger partial charge >= 0.3 is 0 Å². The predicted molar refractivity (Wildman–Crippen MR) is 72.8 cm³/mol. The number of sulfonamides is 1. The van der Waals surface area contributed by atoms with Gasteiger partial charge in [-0.2, -0.15) is 5.26 Å². The molecule has 0 bridgehead atoms. The maximum Gasteiger partial charge on any atom is 0.261 e. The molecule has 7 heteroatoms. The van der Waals surface area contributed by atoms with Gasteiger partial charge in [0.15, 0.2) is 0 Å². The lowest BCUT2D eigenvalue weighted by atomic mass is 10.2. The molecule has 0 spiro atoms. The first-order valence-corrected chi connectivity index (χ1v) is 6.98. The average molecular weight is 291 g/mol. The molecule has 3 N–H and O–H groups in total. The van der Waals surface area contributed by atoms with Gasteiger partial charge < -0.3 is 5.73 Å². The molecule has 0 fully saturated rings. The van der Waals surface area contributed by atoms with Crippen molar-refractivity contribution in [3.8, 4) is 6.07 Å². The summed E-state index contributed by atoms with van der Waals surface area (Å²) in [5, 5.41) is 8.76. The summed E-state index contributed by atoms with van der Waals surface area (Å²) in [5.74, 6) is -0.645. The van der Waals surface area contributed by atoms with E-state index in [0.717, 1.165) is 12.1 Å². The minimum Gasteiger partial charge on any atom is -0.399 e. The smallest absolute Gasteiger partial charge is 0.261 e. The van der Waals surface area contributed by atoms with E-state index in [1.54, 1.807) is 0 Å². The molecule has 0 aliphatic heterocycles. The molecule has 0 atom stereocenters. The average Bonchev–Trinajstić information content (AvgIpc) is 2.37. The van der Waals surface area contributed by atoms with Crippen LogP contribution in [0.15, 0.2) is 47.4 Å². The number of halogens is 1. The Kier molecular flexibility index (Phi) is 3.59. The minimum atomic E-state index is -3.90. The Hall–Kier alpha value is -2.59. The lowest BCUT2D eigenvalue weighted by molar-refractivity contribution is 0.601. The molecule has 2 aromatic carbocycles. The fourth-order valence-corrected chi connectivity index (χ4v) is 2.70. The second-order valence-corrected chi connectivity index (χ2v) is 5.70. The van der Waals surface area contributed by atoms with Crippen LogP contribution in [-0.4, -0.2) is 8.42 Å². The first kappa shape index (κ1) is 13.8. The van der Waals surface area contributed by atoms with E-state index in [1.165, 1.54) is 30.3 Å². The van der Waals surface area contributed by atoms with Crippen LogP contribution in [-0.2, 0) is 10.0 Å². The van der Waals surface area contributed by atoms with E-state index in [0.29, 0.717) is 0 Å². The summed E-state index contributed by atoms with van der Waals surface area (Å²) in [6, 6.07) is 10.7. The van der Waals surface area contributed by atoms with Crippen molar-refractivity contribution < 1.29 is 12.8 Å². The zero-order chi connectivity index (χ0) is 14.8. The Labute approximate surface area is 115 Å². The van der Waals surface area contributed by atoms with Crippen LogP contribution in [0, 0.1) is 17.1 Å². The summed E-state index contributed by atoms with van der Waals surface area (Å²) < 4.78 is 39.6. The Bertz CT molecular complexity index is 777. The topological polar surface area (TPSA) is 96.0 Å². The molecule has 0 aliphatic rings. The normalized spacial score (nSPS) is 10.8. The van der Waals surface area contributed by atoms with E-state index in [2.05, 4.69) is 4.72 Å². The predicted octanol–water partition coefficient (Wildman–Crippen LogP) is 2.08. The van der Waals surface area contributed by atoms with Gasteiger partial charge in [-0.25, -0.2) is 12.8 Å². The fraction of sp³-hybridized carbons (Fsp3) is 0. The summed E-state index contributed by atoms with van der Waals surface area (Å²) in [5.41, 5.74) is 5.78. The number of nitrogens with zero attached hydrogens (tertiary/aromatic N) is 1. The molecule has 2 aromatic rings. The van der Waals surface area contributed by atoms with Gasteiger partial charge in [0.1, 0.15) is 5.82 Å². The Morgan fingerprint density at radius 2 is 1.95 bits per heavy atom. The SMILES string of the molecule is N#Cc1cccc(S(=O)(=O)Nc2cc(N)cc(F)c2)c1. The zero-order valence-corrected chi connectivity index (χ0v) is 11.0. The van der Waals surface area contributed by atoms with E-state index >= 15 is 0 Å². The largest absolute Gasteiger partial charge is 0.399 e. The molecule has 0 aromatic heterocycles. The van der Waals surface area contributed by atoms with Crippen molar-refractivity contribution in [1.29, 1.82) is 5.26 Å². The second kappa shape index (κ2) is 5.19. The summed E-state index contributed by atoms with van der Waals surface area (Å²) >= 11 is 0. The van der Waals surface area contributed by atoms with Crippen molar-refractivity contribution in [2.45, 2.75) is 4.90 Å². The third kappa shape index (κ3) is 3.05. The van der Waals surface area contributed by atoms with Crippen LogP contribution in [0.25, 0.3) is 0 Å². The molecule has 20 heavy (non-hydrogen) atoms. The maximum absolute atomic E-state index is 13.2. The fourth-order valence-electron chi connectivity index (χ4n) is 1.62. The summed E-state index contributed by atoms with van der Waals surface area (Å²) in [6.07, 6.45) is 0. The van der Waals surface area contributed by atoms with Crippen LogP contribution >= 0.6 is 0 Å². The van der Waals surface area contributed by atoms with Crippen molar-refractivity contribution in [1.82, 2.24) is 0 Å². The monoisotopic (exact) mass is 291 g/mol. The number of benzene rings is 2. The van der Waals surface area contributed by atoms with Gasteiger partial charge in [0, 0.05) is 5.69 Å². The quantitative estimate of drug-likeness (QED) is 0.846. The van der Waals surface area contributed by atoms with Crippen molar-refractivity contribution in [2.24, 2.45) is 0 Å². The van der Waals surface area contributed by atoms with Crippen molar-refractivity contribution in [2.75, 3.05) is 10.5 Å². The number of nitriles is 1. The highest BCUT2D eigenvalue weighted by Crippen LogP contribution is 2.20. The summed E-state index contributed by atoms with van der Waals surface area (Å²) in [7, 11) is -3.90. The highest BCUT2D eigenvalue weighted by atomic mass is 32.2. The molecule has 0 saturated heterocycles. The molecule has 0 saturated carbocycles. The van der Waals surface area contributed by atoms with Gasteiger partial charge in [0.25, 0.3) is 10.0 Å². The summed E-state index contributed by atoms with van der Waals surface area (Å²) in [4.78, 5) is -0.0839. The molecule has 0 aliphatic carbocycles. The Morgan fingerprint density at radius 1 is 1.20 bits per heavy atom. The number of hydrogen-bond donors (Lipinski definition) is 2. The van der Waals surface area contributed by atoms with Gasteiger partial charge in [0.05, 0.1) is 22.2 Å². The molecule has 0 heterocycles. The van der Waals surface area contributed by atoms with E-state index in [1.807, 2.05) is 6.07 Å². The second-order valence-electron chi connectivity index (χ2n) is 4.02. The van der Waals surface area contributed by atoms with Crippen molar-refractivity contribution >= 4 is 21.4 Å². The van der Waals surface area contributed by atoms with Crippen LogP contribution < -0.4 is 10.5 Å². The van der Waals surface area contributed by atoms with Gasteiger partial charge in [-0.3, -0.25) is 4.72 Å². The zero-order valence-electron chi connectivity index (χ0n) is 10.2. The van der Waals surface area contributed by atoms with Crippen LogP contribution in [0.2, 0.25) is 0 Å². The maximum atomic E-state index is 13.2. The van der Waals surface area contributed by atoms with E-state index < -0.39 is 15.8 Å².